The van der Waals surface area contributed by atoms with Crippen molar-refractivity contribution in [2.45, 2.75) is 24.5 Å². The third-order valence-electron chi connectivity index (χ3n) is 5.78. The summed E-state index contributed by atoms with van der Waals surface area (Å²) in [5.74, 6) is 0.693. The van der Waals surface area contributed by atoms with E-state index < -0.39 is 13.3 Å². The van der Waals surface area contributed by atoms with Crippen LogP contribution in [0.3, 0.4) is 0 Å². The second-order valence-corrected chi connectivity index (χ2v) is 15.6. The van der Waals surface area contributed by atoms with Gasteiger partial charge in [-0.3, -0.25) is 0 Å². The molecule has 1 aliphatic carbocycles. The van der Waals surface area contributed by atoms with Crippen molar-refractivity contribution in [2.24, 2.45) is 5.92 Å². The van der Waals surface area contributed by atoms with Crippen molar-refractivity contribution >= 4 is 32.2 Å². The molecule has 130 valence electrons. The molecular formula is C24H24GeO. The molecule has 0 spiro atoms. The number of carbonyl (C=O) groups is 1. The van der Waals surface area contributed by atoms with Crippen molar-refractivity contribution in [3.63, 3.8) is 0 Å². The Kier molecular flexibility index (Phi) is 5.07. The van der Waals surface area contributed by atoms with Gasteiger partial charge in [0, 0.05) is 0 Å². The minimum atomic E-state index is -2.94. The first-order valence-corrected chi connectivity index (χ1v) is 14.1. The molecule has 0 saturated heterocycles. The van der Waals surface area contributed by atoms with E-state index in [1.54, 1.807) is 0 Å². The molecule has 3 aromatic rings. The van der Waals surface area contributed by atoms with E-state index >= 15 is 0 Å². The van der Waals surface area contributed by atoms with Gasteiger partial charge in [-0.2, -0.15) is 0 Å². The maximum atomic E-state index is 12.6. The third-order valence-corrected chi connectivity index (χ3v) is 16.4. The van der Waals surface area contributed by atoms with Crippen LogP contribution in [0.15, 0.2) is 91.0 Å². The average Bonchev–Trinajstić information content (AvgIpc) is 3.12. The average molecular weight is 401 g/mol. The normalized spacial score (nSPS) is 17.4. The predicted octanol–water partition coefficient (Wildman–Crippen LogP) is 3.53. The fourth-order valence-electron chi connectivity index (χ4n) is 4.49. The van der Waals surface area contributed by atoms with Gasteiger partial charge in [0.05, 0.1) is 0 Å². The molecule has 0 heterocycles. The number of benzene rings is 3. The number of hydrogen-bond donors (Lipinski definition) is 0. The Bertz CT molecular complexity index is 762. The fourth-order valence-corrected chi connectivity index (χ4v) is 15.3. The maximum absolute atomic E-state index is 12.6. The van der Waals surface area contributed by atoms with Gasteiger partial charge >= 0.3 is 158 Å². The summed E-state index contributed by atoms with van der Waals surface area (Å²) in [6, 6.07) is 32.9. The molecule has 0 amide bonds. The van der Waals surface area contributed by atoms with Crippen LogP contribution >= 0.6 is 0 Å². The van der Waals surface area contributed by atoms with Gasteiger partial charge in [-0.15, -0.1) is 0 Å². The monoisotopic (exact) mass is 402 g/mol. The van der Waals surface area contributed by atoms with Crippen molar-refractivity contribution in [3.8, 4) is 0 Å². The van der Waals surface area contributed by atoms with Crippen LogP contribution in [0.4, 0.5) is 0 Å². The molecular weight excluding hydrogens is 377 g/mol. The Morgan fingerprint density at radius 3 is 1.46 bits per heavy atom. The molecule has 3 aromatic carbocycles. The van der Waals surface area contributed by atoms with Crippen LogP contribution in [0.2, 0.25) is 5.25 Å². The molecule has 1 aliphatic rings. The van der Waals surface area contributed by atoms with Crippen molar-refractivity contribution in [1.82, 2.24) is 0 Å². The van der Waals surface area contributed by atoms with Gasteiger partial charge in [-0.1, -0.05) is 0 Å². The van der Waals surface area contributed by atoms with E-state index in [-0.39, 0.29) is 5.92 Å². The van der Waals surface area contributed by atoms with Gasteiger partial charge in [-0.05, 0) is 0 Å². The van der Waals surface area contributed by atoms with Crippen molar-refractivity contribution in [3.05, 3.63) is 91.0 Å². The van der Waals surface area contributed by atoms with Crippen LogP contribution in [0.1, 0.15) is 19.3 Å². The minimum absolute atomic E-state index is 0.218. The summed E-state index contributed by atoms with van der Waals surface area (Å²) in [6.45, 7) is 0. The molecule has 1 saturated carbocycles. The fraction of sp³-hybridized carbons (Fsp3) is 0.208. The van der Waals surface area contributed by atoms with E-state index in [1.807, 2.05) is 0 Å². The Labute approximate surface area is 158 Å². The zero-order valence-corrected chi connectivity index (χ0v) is 17.1. The van der Waals surface area contributed by atoms with Gasteiger partial charge < -0.3 is 0 Å². The molecule has 0 N–H and O–H groups in total. The van der Waals surface area contributed by atoms with Crippen molar-refractivity contribution in [2.75, 3.05) is 0 Å². The van der Waals surface area contributed by atoms with E-state index in [0.717, 1.165) is 24.5 Å². The van der Waals surface area contributed by atoms with Crippen LogP contribution in [0.25, 0.3) is 0 Å². The molecule has 0 aromatic heterocycles. The van der Waals surface area contributed by atoms with Gasteiger partial charge in [0.15, 0.2) is 0 Å². The van der Waals surface area contributed by atoms with E-state index in [4.69, 9.17) is 0 Å². The molecule has 0 radical (unpaired) electrons. The molecule has 1 nitrogen and oxygen atoms in total. The summed E-state index contributed by atoms with van der Waals surface area (Å²) in [5, 5.41) is 1.02. The Balaban J connectivity index is 1.95. The van der Waals surface area contributed by atoms with Gasteiger partial charge in [0.2, 0.25) is 0 Å². The van der Waals surface area contributed by atoms with Gasteiger partial charge in [0.25, 0.3) is 0 Å². The van der Waals surface area contributed by atoms with Crippen LogP contribution in [0, 0.1) is 5.92 Å². The van der Waals surface area contributed by atoms with E-state index in [9.17, 15) is 4.79 Å². The summed E-state index contributed by atoms with van der Waals surface area (Å²) >= 11 is -2.94. The summed E-state index contributed by atoms with van der Waals surface area (Å²) < 4.78 is 4.35. The topological polar surface area (TPSA) is 17.1 Å². The second kappa shape index (κ2) is 7.63. The van der Waals surface area contributed by atoms with Crippen molar-refractivity contribution < 1.29 is 4.79 Å². The summed E-state index contributed by atoms with van der Waals surface area (Å²) in [7, 11) is 0. The van der Waals surface area contributed by atoms with Gasteiger partial charge in [-0.25, -0.2) is 0 Å². The predicted molar refractivity (Wildman–Crippen MR) is 111 cm³/mol. The van der Waals surface area contributed by atoms with E-state index in [2.05, 4.69) is 91.0 Å². The first-order valence-electron chi connectivity index (χ1n) is 9.50. The molecule has 4 rings (SSSR count). The first kappa shape index (κ1) is 17.3. The Morgan fingerprint density at radius 2 is 1.12 bits per heavy atom. The summed E-state index contributed by atoms with van der Waals surface area (Å²) in [6.07, 6.45) is 2.87. The number of ketones is 1. The Hall–Kier alpha value is -2.13. The Morgan fingerprint density at radius 1 is 0.692 bits per heavy atom. The zero-order valence-electron chi connectivity index (χ0n) is 15.0. The van der Waals surface area contributed by atoms with Crippen LogP contribution < -0.4 is 13.2 Å². The molecule has 1 atom stereocenters. The van der Waals surface area contributed by atoms with Crippen molar-refractivity contribution in [1.29, 1.82) is 0 Å². The molecule has 1 unspecified atom stereocenters. The summed E-state index contributed by atoms with van der Waals surface area (Å²) in [4.78, 5) is 12.6. The van der Waals surface area contributed by atoms with E-state index in [0.29, 0.717) is 5.78 Å². The second-order valence-electron chi connectivity index (χ2n) is 7.26. The molecule has 2 heteroatoms. The number of Topliss-reactive ketones (excluding diaryl/α,β-unsaturated/α-hetero) is 1. The molecule has 1 fully saturated rings. The number of carbonyl (C=O) groups excluding carboxylic acids is 1. The third kappa shape index (κ3) is 3.16. The first-order chi connectivity index (χ1) is 12.8. The number of hydrogen-bond acceptors (Lipinski definition) is 1. The quantitative estimate of drug-likeness (QED) is 0.599. The standard InChI is InChI=1S/C24H24GeO/c26-24-18-10-11-20(24)19-25(21-12-4-1-5-13-21,22-14-6-2-7-15-22)23-16-8-3-9-17-23/h1-9,12-17,20H,10-11,18-19H2. The van der Waals surface area contributed by atoms with E-state index in [1.165, 1.54) is 13.2 Å². The summed E-state index contributed by atoms with van der Waals surface area (Å²) in [5.41, 5.74) is 0. The molecule has 0 bridgehead atoms. The van der Waals surface area contributed by atoms with Crippen LogP contribution in [-0.2, 0) is 4.79 Å². The number of rotatable bonds is 5. The molecule has 0 aliphatic heterocycles. The van der Waals surface area contributed by atoms with Crippen LogP contribution in [0.5, 0.6) is 0 Å². The molecule has 26 heavy (non-hydrogen) atoms. The SMILES string of the molecule is O=C1CCCC1[CH2][Ge]([c]1ccccc1)([c]1ccccc1)[c]1ccccc1. The zero-order chi connectivity index (χ0) is 17.8. The van der Waals surface area contributed by atoms with Gasteiger partial charge in [0.1, 0.15) is 0 Å². The van der Waals surface area contributed by atoms with Crippen LogP contribution in [-0.4, -0.2) is 19.0 Å².